The van der Waals surface area contributed by atoms with Crippen LogP contribution in [-0.4, -0.2) is 18.8 Å². The molecule has 2 fully saturated rings. The number of nitrogens with two attached hydrogens (primary N) is 1. The maximum atomic E-state index is 5.64. The second-order valence-electron chi connectivity index (χ2n) is 2.78. The quantitative estimate of drug-likeness (QED) is 0.484. The lowest BCUT2D eigenvalue weighted by atomic mass is 9.78. The Hall–Kier alpha value is -0.0800. The number of hydrogen-bond donors (Lipinski definition) is 1. The fraction of sp³-hybridized carbons (Fsp3) is 1.00. The molecular formula is C6H11NO. The van der Waals surface area contributed by atoms with Crippen molar-refractivity contribution in [1.82, 2.24) is 0 Å². The lowest BCUT2D eigenvalue weighted by Gasteiger charge is -2.35. The van der Waals surface area contributed by atoms with E-state index < -0.39 is 0 Å². The summed E-state index contributed by atoms with van der Waals surface area (Å²) in [6.07, 6.45) is 2.89. The molecule has 0 radical (unpaired) electrons. The van der Waals surface area contributed by atoms with Gasteiger partial charge < -0.3 is 10.5 Å². The topological polar surface area (TPSA) is 35.2 Å². The molecule has 0 aromatic rings. The predicted molar refractivity (Wildman–Crippen MR) is 30.4 cm³/mol. The minimum Gasteiger partial charge on any atom is -0.376 e. The maximum Gasteiger partial charge on any atom is 0.0755 e. The van der Waals surface area contributed by atoms with Gasteiger partial charge in [0.25, 0.3) is 0 Å². The average Bonchev–Trinajstić information content (AvgIpc) is 2.09. The molecule has 1 saturated heterocycles. The molecule has 0 bridgehead atoms. The van der Waals surface area contributed by atoms with E-state index in [-0.39, 0.29) is 0 Å². The van der Waals surface area contributed by atoms with Gasteiger partial charge in [-0.05, 0) is 18.8 Å². The van der Waals surface area contributed by atoms with Crippen molar-refractivity contribution in [2.24, 2.45) is 11.7 Å². The van der Waals surface area contributed by atoms with Gasteiger partial charge in [-0.25, -0.2) is 0 Å². The lowest BCUT2D eigenvalue weighted by molar-refractivity contribution is 0.0133. The van der Waals surface area contributed by atoms with E-state index in [0.29, 0.717) is 12.1 Å². The van der Waals surface area contributed by atoms with Crippen molar-refractivity contribution in [1.29, 1.82) is 0 Å². The Morgan fingerprint density at radius 2 is 2.38 bits per heavy atom. The second kappa shape index (κ2) is 1.45. The van der Waals surface area contributed by atoms with Crippen molar-refractivity contribution in [3.8, 4) is 0 Å². The highest BCUT2D eigenvalue weighted by atomic mass is 16.5. The van der Waals surface area contributed by atoms with Gasteiger partial charge in [-0.15, -0.1) is 0 Å². The third-order valence-corrected chi connectivity index (χ3v) is 2.26. The third-order valence-electron chi connectivity index (χ3n) is 2.26. The Balaban J connectivity index is 2.02. The van der Waals surface area contributed by atoms with Crippen molar-refractivity contribution in [3.05, 3.63) is 0 Å². The number of hydrogen-bond acceptors (Lipinski definition) is 2. The predicted octanol–water partition coefficient (Wildman–Crippen LogP) is 0.122. The van der Waals surface area contributed by atoms with Crippen LogP contribution in [0.25, 0.3) is 0 Å². The molecule has 2 N–H and O–H groups in total. The van der Waals surface area contributed by atoms with Gasteiger partial charge in [0, 0.05) is 12.6 Å². The van der Waals surface area contributed by atoms with Gasteiger partial charge >= 0.3 is 0 Å². The molecule has 46 valence electrons. The molecule has 0 aromatic carbocycles. The fourth-order valence-corrected chi connectivity index (χ4v) is 1.67. The molecule has 0 spiro atoms. The zero-order chi connectivity index (χ0) is 5.56. The molecule has 1 aliphatic heterocycles. The summed E-state index contributed by atoms with van der Waals surface area (Å²) >= 11 is 0. The van der Waals surface area contributed by atoms with E-state index in [0.717, 1.165) is 12.5 Å². The summed E-state index contributed by atoms with van der Waals surface area (Å²) in [5.74, 6) is 0.824. The van der Waals surface area contributed by atoms with Gasteiger partial charge in [0.1, 0.15) is 0 Å². The van der Waals surface area contributed by atoms with Gasteiger partial charge in [-0.3, -0.25) is 0 Å². The molecule has 8 heavy (non-hydrogen) atoms. The fourth-order valence-electron chi connectivity index (χ4n) is 1.67. The van der Waals surface area contributed by atoms with Crippen LogP contribution in [0.15, 0.2) is 0 Å². The molecule has 1 heterocycles. The Kier molecular flexibility index (Phi) is 0.866. The van der Waals surface area contributed by atoms with Gasteiger partial charge in [-0.2, -0.15) is 0 Å². The Morgan fingerprint density at radius 1 is 1.50 bits per heavy atom. The van der Waals surface area contributed by atoms with Gasteiger partial charge in [0.05, 0.1) is 6.10 Å². The summed E-state index contributed by atoms with van der Waals surface area (Å²) in [7, 11) is 0. The Labute approximate surface area is 49.0 Å². The Morgan fingerprint density at radius 3 is 2.88 bits per heavy atom. The molecule has 1 unspecified atom stereocenters. The average molecular weight is 113 g/mol. The van der Waals surface area contributed by atoms with Crippen molar-refractivity contribution in [3.63, 3.8) is 0 Å². The number of ether oxygens (including phenoxy) is 1. The van der Waals surface area contributed by atoms with E-state index in [9.17, 15) is 0 Å². The highest BCUT2D eigenvalue weighted by Crippen LogP contribution is 2.36. The van der Waals surface area contributed by atoms with Crippen molar-refractivity contribution >= 4 is 0 Å². The lowest BCUT2D eigenvalue weighted by Crippen LogP contribution is -2.49. The van der Waals surface area contributed by atoms with Gasteiger partial charge in [-0.1, -0.05) is 0 Å². The summed E-state index contributed by atoms with van der Waals surface area (Å²) in [4.78, 5) is 0. The first-order valence-electron chi connectivity index (χ1n) is 3.25. The van der Waals surface area contributed by atoms with E-state index in [2.05, 4.69) is 0 Å². The molecule has 2 heteroatoms. The monoisotopic (exact) mass is 113 g/mol. The first kappa shape index (κ1) is 4.77. The van der Waals surface area contributed by atoms with Crippen LogP contribution >= 0.6 is 0 Å². The van der Waals surface area contributed by atoms with Crippen LogP contribution in [0, 0.1) is 5.92 Å². The minimum absolute atomic E-state index is 0.363. The van der Waals surface area contributed by atoms with E-state index in [1.54, 1.807) is 0 Å². The summed E-state index contributed by atoms with van der Waals surface area (Å²) in [6, 6.07) is 0.363. The zero-order valence-corrected chi connectivity index (χ0v) is 4.84. The van der Waals surface area contributed by atoms with Gasteiger partial charge in [0.2, 0.25) is 0 Å². The number of fused-ring (bicyclic) bond motifs is 1. The Bertz CT molecular complexity index is 105. The molecule has 0 amide bonds. The maximum absolute atomic E-state index is 5.64. The van der Waals surface area contributed by atoms with E-state index in [4.69, 9.17) is 10.5 Å². The van der Waals surface area contributed by atoms with Crippen molar-refractivity contribution in [2.45, 2.75) is 25.0 Å². The molecule has 2 rings (SSSR count). The summed E-state index contributed by atoms with van der Waals surface area (Å²) in [6.45, 7) is 0.947. The first-order valence-corrected chi connectivity index (χ1v) is 3.25. The zero-order valence-electron chi connectivity index (χ0n) is 4.84. The summed E-state index contributed by atoms with van der Waals surface area (Å²) in [5, 5.41) is 0. The second-order valence-corrected chi connectivity index (χ2v) is 2.78. The van der Waals surface area contributed by atoms with Crippen LogP contribution in [-0.2, 0) is 4.74 Å². The van der Waals surface area contributed by atoms with Crippen molar-refractivity contribution in [2.75, 3.05) is 6.61 Å². The first-order chi connectivity index (χ1) is 3.88. The van der Waals surface area contributed by atoms with Crippen LogP contribution in [0.2, 0.25) is 0 Å². The molecule has 1 aliphatic carbocycles. The highest BCUT2D eigenvalue weighted by molar-refractivity contribution is 4.96. The van der Waals surface area contributed by atoms with Crippen LogP contribution in [0.3, 0.4) is 0 Å². The molecule has 2 aliphatic rings. The molecule has 1 saturated carbocycles. The molecule has 0 aromatic heterocycles. The molecular weight excluding hydrogens is 102 g/mol. The van der Waals surface area contributed by atoms with Gasteiger partial charge in [0.15, 0.2) is 0 Å². The van der Waals surface area contributed by atoms with Crippen LogP contribution in [0.4, 0.5) is 0 Å². The normalized spacial score (nSPS) is 52.9. The highest BCUT2D eigenvalue weighted by Gasteiger charge is 2.42. The van der Waals surface area contributed by atoms with Crippen LogP contribution in [0.1, 0.15) is 12.8 Å². The van der Waals surface area contributed by atoms with E-state index >= 15 is 0 Å². The summed E-state index contributed by atoms with van der Waals surface area (Å²) < 4.78 is 5.34. The van der Waals surface area contributed by atoms with Crippen molar-refractivity contribution < 1.29 is 4.74 Å². The number of rotatable bonds is 0. The molecule has 2 nitrogen and oxygen atoms in total. The summed E-state index contributed by atoms with van der Waals surface area (Å²) in [5.41, 5.74) is 5.64. The third kappa shape index (κ3) is 0.446. The van der Waals surface area contributed by atoms with Crippen LogP contribution in [0.5, 0.6) is 0 Å². The van der Waals surface area contributed by atoms with E-state index in [1.807, 2.05) is 0 Å². The molecule has 3 atom stereocenters. The minimum atomic E-state index is 0.363. The van der Waals surface area contributed by atoms with E-state index in [1.165, 1.54) is 12.8 Å². The largest absolute Gasteiger partial charge is 0.376 e. The smallest absolute Gasteiger partial charge is 0.0755 e. The SMILES string of the molecule is NC1C[C@@H]2CCO[C@H]12. The standard InChI is InChI=1S/C6H11NO/c7-5-3-4-1-2-8-6(4)5/h4-6H,1-3,7H2/t4-,5?,6-/m0/s1. The van der Waals surface area contributed by atoms with Crippen LogP contribution < -0.4 is 5.73 Å².